The van der Waals surface area contributed by atoms with Crippen molar-refractivity contribution in [1.29, 1.82) is 0 Å². The number of nitrogen functional groups attached to an aromatic ring is 1. The van der Waals surface area contributed by atoms with E-state index in [0.29, 0.717) is 24.6 Å². The molecule has 0 aromatic heterocycles. The molecule has 0 spiro atoms. The molecule has 2 N–H and O–H groups in total. The Morgan fingerprint density at radius 1 is 1.41 bits per heavy atom. The molecule has 0 radical (unpaired) electrons. The Hall–Kier alpha value is -1.75. The van der Waals surface area contributed by atoms with Crippen LogP contribution in [0.5, 0.6) is 5.75 Å². The zero-order chi connectivity index (χ0) is 12.1. The number of hydroxylamine groups is 2. The molecule has 1 aliphatic heterocycles. The van der Waals surface area contributed by atoms with Crippen LogP contribution in [-0.2, 0) is 9.63 Å². The molecule has 5 nitrogen and oxygen atoms in total. The van der Waals surface area contributed by atoms with Gasteiger partial charge in [-0.25, -0.2) is 5.06 Å². The van der Waals surface area contributed by atoms with Gasteiger partial charge in [0.15, 0.2) is 6.61 Å². The maximum atomic E-state index is 11.7. The Balaban J connectivity index is 1.85. The summed E-state index contributed by atoms with van der Waals surface area (Å²) in [6, 6.07) is 7.10. The minimum Gasteiger partial charge on any atom is -0.482 e. The van der Waals surface area contributed by atoms with Crippen molar-refractivity contribution in [3.05, 3.63) is 24.3 Å². The smallest absolute Gasteiger partial charge is 0.283 e. The molecule has 0 unspecified atom stereocenters. The van der Waals surface area contributed by atoms with Gasteiger partial charge in [-0.1, -0.05) is 12.1 Å². The first kappa shape index (κ1) is 11.7. The zero-order valence-corrected chi connectivity index (χ0v) is 9.59. The first-order chi connectivity index (χ1) is 8.27. The van der Waals surface area contributed by atoms with E-state index in [2.05, 4.69) is 0 Å². The first-order valence-corrected chi connectivity index (χ1v) is 5.68. The van der Waals surface area contributed by atoms with Crippen LogP contribution in [0.4, 0.5) is 5.69 Å². The van der Waals surface area contributed by atoms with Crippen LogP contribution < -0.4 is 10.5 Å². The second kappa shape index (κ2) is 5.54. The van der Waals surface area contributed by atoms with Crippen LogP contribution in [0, 0.1) is 0 Å². The van der Waals surface area contributed by atoms with Crippen LogP contribution in [0.2, 0.25) is 0 Å². The number of ether oxygens (including phenoxy) is 1. The number of carbonyl (C=O) groups is 1. The molecule has 92 valence electrons. The van der Waals surface area contributed by atoms with E-state index in [0.717, 1.165) is 12.8 Å². The second-order valence-electron chi connectivity index (χ2n) is 3.86. The normalized spacial score (nSPS) is 15.6. The lowest BCUT2D eigenvalue weighted by Crippen LogP contribution is -2.38. The maximum Gasteiger partial charge on any atom is 0.283 e. The standard InChI is InChI=1S/C12H16N2O3/c13-10-5-1-2-6-11(10)16-9-12(15)14-7-3-4-8-17-14/h1-2,5-6H,3-4,7-9,13H2. The number of para-hydroxylation sites is 2. The molecular formula is C12H16N2O3. The van der Waals surface area contributed by atoms with Crippen LogP contribution >= 0.6 is 0 Å². The highest BCUT2D eigenvalue weighted by Crippen LogP contribution is 2.19. The molecule has 1 saturated heterocycles. The van der Waals surface area contributed by atoms with E-state index >= 15 is 0 Å². The number of nitrogens with two attached hydrogens (primary N) is 1. The van der Waals surface area contributed by atoms with Crippen LogP contribution in [0.1, 0.15) is 12.8 Å². The van der Waals surface area contributed by atoms with Crippen molar-refractivity contribution in [3.8, 4) is 5.75 Å². The number of amides is 1. The summed E-state index contributed by atoms with van der Waals surface area (Å²) in [6.45, 7) is 1.18. The van der Waals surface area contributed by atoms with Crippen LogP contribution in [0.25, 0.3) is 0 Å². The van der Waals surface area contributed by atoms with Crippen molar-refractivity contribution >= 4 is 11.6 Å². The van der Waals surface area contributed by atoms with Crippen molar-refractivity contribution in [2.45, 2.75) is 12.8 Å². The van der Waals surface area contributed by atoms with Crippen LogP contribution in [0.3, 0.4) is 0 Å². The summed E-state index contributed by atoms with van der Waals surface area (Å²) in [6.07, 6.45) is 1.97. The maximum absolute atomic E-state index is 11.7. The monoisotopic (exact) mass is 236 g/mol. The molecule has 5 heteroatoms. The molecule has 2 rings (SSSR count). The summed E-state index contributed by atoms with van der Waals surface area (Å²) < 4.78 is 5.36. The summed E-state index contributed by atoms with van der Waals surface area (Å²) in [5.74, 6) is 0.353. The Bertz CT molecular complexity index is 389. The van der Waals surface area contributed by atoms with Gasteiger partial charge in [0.2, 0.25) is 0 Å². The number of nitrogens with zero attached hydrogens (tertiary/aromatic N) is 1. The van der Waals surface area contributed by atoms with Crippen molar-refractivity contribution < 1.29 is 14.4 Å². The lowest BCUT2D eigenvalue weighted by molar-refractivity contribution is -0.198. The van der Waals surface area contributed by atoms with Gasteiger partial charge in [0, 0.05) is 6.54 Å². The molecule has 1 fully saturated rings. The average Bonchev–Trinajstić information content (AvgIpc) is 2.38. The van der Waals surface area contributed by atoms with E-state index in [1.54, 1.807) is 12.1 Å². The third-order valence-corrected chi connectivity index (χ3v) is 2.55. The number of rotatable bonds is 3. The molecule has 0 atom stereocenters. The Kier molecular flexibility index (Phi) is 3.82. The van der Waals surface area contributed by atoms with Crippen LogP contribution in [-0.4, -0.2) is 30.7 Å². The van der Waals surface area contributed by atoms with Gasteiger partial charge in [-0.15, -0.1) is 0 Å². The van der Waals surface area contributed by atoms with Gasteiger partial charge in [-0.2, -0.15) is 0 Å². The minimum atomic E-state index is -0.173. The van der Waals surface area contributed by atoms with Crippen molar-refractivity contribution in [3.63, 3.8) is 0 Å². The molecular weight excluding hydrogens is 220 g/mol. The van der Waals surface area contributed by atoms with Crippen molar-refractivity contribution in [2.75, 3.05) is 25.5 Å². The number of carbonyl (C=O) groups excluding carboxylic acids is 1. The number of anilines is 1. The van der Waals surface area contributed by atoms with E-state index < -0.39 is 0 Å². The molecule has 0 saturated carbocycles. The fourth-order valence-electron chi connectivity index (χ4n) is 1.62. The largest absolute Gasteiger partial charge is 0.482 e. The van der Waals surface area contributed by atoms with E-state index in [4.69, 9.17) is 15.3 Å². The quantitative estimate of drug-likeness (QED) is 0.801. The molecule has 1 amide bonds. The first-order valence-electron chi connectivity index (χ1n) is 5.68. The molecule has 17 heavy (non-hydrogen) atoms. The molecule has 1 heterocycles. The summed E-state index contributed by atoms with van der Waals surface area (Å²) in [5.41, 5.74) is 6.23. The number of hydrogen-bond acceptors (Lipinski definition) is 4. The van der Waals surface area contributed by atoms with Crippen LogP contribution in [0.15, 0.2) is 24.3 Å². The average molecular weight is 236 g/mol. The SMILES string of the molecule is Nc1ccccc1OCC(=O)N1CCCCO1. The number of hydrogen-bond donors (Lipinski definition) is 1. The fraction of sp³-hybridized carbons (Fsp3) is 0.417. The molecule has 1 aliphatic rings. The molecule has 1 aromatic rings. The van der Waals surface area contributed by atoms with E-state index in [9.17, 15) is 4.79 Å². The highest BCUT2D eigenvalue weighted by molar-refractivity contribution is 5.77. The topological polar surface area (TPSA) is 64.8 Å². The van der Waals surface area contributed by atoms with Gasteiger partial charge >= 0.3 is 0 Å². The van der Waals surface area contributed by atoms with Gasteiger partial charge in [-0.3, -0.25) is 9.63 Å². The molecule has 0 bridgehead atoms. The Morgan fingerprint density at radius 2 is 2.24 bits per heavy atom. The van der Waals surface area contributed by atoms with Gasteiger partial charge in [0.05, 0.1) is 12.3 Å². The predicted octanol–water partition coefficient (Wildman–Crippen LogP) is 1.20. The Labute approximate surface area is 100 Å². The van der Waals surface area contributed by atoms with Gasteiger partial charge in [-0.05, 0) is 25.0 Å². The van der Waals surface area contributed by atoms with E-state index in [1.807, 2.05) is 12.1 Å². The molecule has 1 aromatic carbocycles. The Morgan fingerprint density at radius 3 is 2.94 bits per heavy atom. The van der Waals surface area contributed by atoms with Gasteiger partial charge in [0.25, 0.3) is 5.91 Å². The summed E-state index contributed by atoms with van der Waals surface area (Å²) >= 11 is 0. The molecule has 0 aliphatic carbocycles. The highest BCUT2D eigenvalue weighted by atomic mass is 16.7. The second-order valence-corrected chi connectivity index (χ2v) is 3.86. The summed E-state index contributed by atoms with van der Waals surface area (Å²) in [7, 11) is 0. The lowest BCUT2D eigenvalue weighted by atomic mass is 10.3. The third kappa shape index (κ3) is 3.10. The third-order valence-electron chi connectivity index (χ3n) is 2.55. The fourth-order valence-corrected chi connectivity index (χ4v) is 1.62. The zero-order valence-electron chi connectivity index (χ0n) is 9.59. The lowest BCUT2D eigenvalue weighted by Gasteiger charge is -2.25. The minimum absolute atomic E-state index is 0.0474. The number of benzene rings is 1. The predicted molar refractivity (Wildman–Crippen MR) is 63.2 cm³/mol. The van der Waals surface area contributed by atoms with Gasteiger partial charge in [0.1, 0.15) is 5.75 Å². The van der Waals surface area contributed by atoms with Crippen molar-refractivity contribution in [2.24, 2.45) is 0 Å². The van der Waals surface area contributed by atoms with E-state index in [1.165, 1.54) is 5.06 Å². The van der Waals surface area contributed by atoms with Gasteiger partial charge < -0.3 is 10.5 Å². The van der Waals surface area contributed by atoms with E-state index in [-0.39, 0.29) is 12.5 Å². The van der Waals surface area contributed by atoms with Crippen molar-refractivity contribution in [1.82, 2.24) is 5.06 Å². The highest BCUT2D eigenvalue weighted by Gasteiger charge is 2.18. The summed E-state index contributed by atoms with van der Waals surface area (Å²) in [4.78, 5) is 16.9. The summed E-state index contributed by atoms with van der Waals surface area (Å²) in [5, 5.41) is 1.36.